The number of aromatic nitrogens is 3. The largest absolute Gasteiger partial charge is 0.325 e. The molecule has 0 atom stereocenters. The average Bonchev–Trinajstić information content (AvgIpc) is 2.66. The topological polar surface area (TPSA) is 67.6 Å². The summed E-state index contributed by atoms with van der Waals surface area (Å²) in [6.07, 6.45) is 0. The third-order valence-electron chi connectivity index (χ3n) is 1.94. The van der Waals surface area contributed by atoms with E-state index in [4.69, 9.17) is 5.73 Å². The lowest BCUT2D eigenvalue weighted by Gasteiger charge is -2.00. The van der Waals surface area contributed by atoms with Crippen molar-refractivity contribution in [2.45, 2.75) is 6.54 Å². The van der Waals surface area contributed by atoms with Crippen molar-refractivity contribution in [3.8, 4) is 11.3 Å². The van der Waals surface area contributed by atoms with Crippen molar-refractivity contribution in [3.63, 3.8) is 0 Å². The van der Waals surface area contributed by atoms with Crippen LogP contribution < -0.4 is 5.73 Å². The molecule has 1 aromatic heterocycles. The zero-order chi connectivity index (χ0) is 9.97. The first-order chi connectivity index (χ1) is 6.83. The van der Waals surface area contributed by atoms with E-state index < -0.39 is 0 Å². The van der Waals surface area contributed by atoms with Crippen molar-refractivity contribution in [2.75, 3.05) is 0 Å². The van der Waals surface area contributed by atoms with Crippen LogP contribution in [0.2, 0.25) is 0 Å². The summed E-state index contributed by atoms with van der Waals surface area (Å²) in [5.41, 5.74) is 8.13. The molecule has 1 aromatic carbocycles. The van der Waals surface area contributed by atoms with Gasteiger partial charge >= 0.3 is 0 Å². The van der Waals surface area contributed by atoms with Crippen molar-refractivity contribution in [2.24, 2.45) is 5.73 Å². The Balaban J connectivity index is 2.54. The number of H-pyrrole nitrogens is 1. The molecule has 2 aromatic rings. The van der Waals surface area contributed by atoms with Crippen LogP contribution in [0.4, 0.5) is 0 Å². The number of nitrogens with two attached hydrogens (primary N) is 1. The monoisotopic (exact) mass is 252 g/mol. The van der Waals surface area contributed by atoms with Crippen molar-refractivity contribution in [1.29, 1.82) is 0 Å². The van der Waals surface area contributed by atoms with E-state index in [1.807, 2.05) is 24.3 Å². The fourth-order valence-corrected chi connectivity index (χ4v) is 1.74. The Bertz CT molecular complexity index is 438. The molecule has 0 aliphatic rings. The summed E-state index contributed by atoms with van der Waals surface area (Å²) >= 11 is 3.46. The molecule has 2 rings (SSSR count). The van der Waals surface area contributed by atoms with Crippen molar-refractivity contribution >= 4 is 15.9 Å². The smallest absolute Gasteiger partial charge is 0.118 e. The highest BCUT2D eigenvalue weighted by Crippen LogP contribution is 2.27. The third-order valence-corrected chi connectivity index (χ3v) is 2.63. The molecule has 0 saturated carbocycles. The van der Waals surface area contributed by atoms with Gasteiger partial charge in [0.15, 0.2) is 0 Å². The highest BCUT2D eigenvalue weighted by Gasteiger charge is 2.10. The van der Waals surface area contributed by atoms with Gasteiger partial charge in [0.05, 0.1) is 0 Å². The van der Waals surface area contributed by atoms with E-state index >= 15 is 0 Å². The molecular weight excluding hydrogens is 244 g/mol. The molecule has 0 spiro atoms. The van der Waals surface area contributed by atoms with E-state index in [9.17, 15) is 0 Å². The van der Waals surface area contributed by atoms with Crippen molar-refractivity contribution < 1.29 is 0 Å². The minimum absolute atomic E-state index is 0.382. The van der Waals surface area contributed by atoms with Gasteiger partial charge in [0.25, 0.3) is 0 Å². The normalized spacial score (nSPS) is 10.4. The average molecular weight is 253 g/mol. The minimum atomic E-state index is 0.382. The summed E-state index contributed by atoms with van der Waals surface area (Å²) in [7, 11) is 0. The van der Waals surface area contributed by atoms with E-state index in [0.29, 0.717) is 6.54 Å². The maximum absolute atomic E-state index is 5.54. The van der Waals surface area contributed by atoms with Crippen LogP contribution in [0.15, 0.2) is 28.7 Å². The second-order valence-electron chi connectivity index (χ2n) is 2.80. The van der Waals surface area contributed by atoms with E-state index in [1.54, 1.807) is 0 Å². The summed E-state index contributed by atoms with van der Waals surface area (Å²) in [6, 6.07) is 7.84. The lowest BCUT2D eigenvalue weighted by molar-refractivity contribution is 0.898. The van der Waals surface area contributed by atoms with E-state index in [1.165, 1.54) is 0 Å². The molecule has 72 valence electrons. The van der Waals surface area contributed by atoms with E-state index in [2.05, 4.69) is 31.3 Å². The van der Waals surface area contributed by atoms with Gasteiger partial charge in [-0.1, -0.05) is 34.1 Å². The quantitative estimate of drug-likeness (QED) is 0.855. The van der Waals surface area contributed by atoms with Crippen LogP contribution in [0.1, 0.15) is 5.69 Å². The fraction of sp³-hybridized carbons (Fsp3) is 0.111. The molecule has 0 amide bonds. The molecule has 3 N–H and O–H groups in total. The number of rotatable bonds is 2. The maximum Gasteiger partial charge on any atom is 0.118 e. The van der Waals surface area contributed by atoms with Crippen LogP contribution in [-0.2, 0) is 6.54 Å². The number of aromatic amines is 1. The zero-order valence-corrected chi connectivity index (χ0v) is 8.95. The van der Waals surface area contributed by atoms with Crippen LogP contribution in [0, 0.1) is 0 Å². The first-order valence-corrected chi connectivity index (χ1v) is 4.97. The summed E-state index contributed by atoms with van der Waals surface area (Å²) < 4.78 is 0.989. The Hall–Kier alpha value is -1.20. The van der Waals surface area contributed by atoms with Crippen LogP contribution in [-0.4, -0.2) is 15.4 Å². The Labute approximate surface area is 89.6 Å². The van der Waals surface area contributed by atoms with Gasteiger partial charge in [-0.3, -0.25) is 0 Å². The van der Waals surface area contributed by atoms with Crippen LogP contribution in [0.3, 0.4) is 0 Å². The summed E-state index contributed by atoms with van der Waals surface area (Å²) in [5, 5.41) is 10.6. The second-order valence-corrected chi connectivity index (χ2v) is 3.66. The van der Waals surface area contributed by atoms with Gasteiger partial charge in [0.1, 0.15) is 11.4 Å². The van der Waals surface area contributed by atoms with Crippen LogP contribution >= 0.6 is 15.9 Å². The van der Waals surface area contributed by atoms with Gasteiger partial charge in [-0.25, -0.2) is 0 Å². The fourth-order valence-electron chi connectivity index (χ4n) is 1.26. The molecule has 0 aliphatic carbocycles. The SMILES string of the molecule is NCc1n[nH]nc1-c1ccccc1Br. The molecule has 0 fully saturated rings. The molecule has 5 heteroatoms. The highest BCUT2D eigenvalue weighted by molar-refractivity contribution is 9.10. The standard InChI is InChI=1S/C9H9BrN4/c10-7-4-2-1-3-6(7)9-8(5-11)12-14-13-9/h1-4H,5,11H2,(H,12,13,14). The van der Waals surface area contributed by atoms with Crippen molar-refractivity contribution in [1.82, 2.24) is 15.4 Å². The van der Waals surface area contributed by atoms with E-state index in [0.717, 1.165) is 21.4 Å². The van der Waals surface area contributed by atoms with Crippen LogP contribution in [0.25, 0.3) is 11.3 Å². The third kappa shape index (κ3) is 1.56. The van der Waals surface area contributed by atoms with Crippen molar-refractivity contribution in [3.05, 3.63) is 34.4 Å². The summed E-state index contributed by atoms with van der Waals surface area (Å²) in [6.45, 7) is 0.382. The molecule has 14 heavy (non-hydrogen) atoms. The number of nitrogens with zero attached hydrogens (tertiary/aromatic N) is 2. The highest BCUT2D eigenvalue weighted by atomic mass is 79.9. The van der Waals surface area contributed by atoms with Gasteiger partial charge in [0, 0.05) is 16.6 Å². The number of nitrogens with one attached hydrogen (secondary N) is 1. The maximum atomic E-state index is 5.54. The Morgan fingerprint density at radius 2 is 2.07 bits per heavy atom. The van der Waals surface area contributed by atoms with Gasteiger partial charge in [-0.2, -0.15) is 15.4 Å². The second kappa shape index (κ2) is 3.89. The number of halogens is 1. The molecule has 0 radical (unpaired) electrons. The number of hydrogen-bond donors (Lipinski definition) is 2. The van der Waals surface area contributed by atoms with Gasteiger partial charge < -0.3 is 5.73 Å². The zero-order valence-electron chi connectivity index (χ0n) is 7.37. The summed E-state index contributed by atoms with van der Waals surface area (Å²) in [4.78, 5) is 0. The Kier molecular flexibility index (Phi) is 2.60. The molecule has 4 nitrogen and oxygen atoms in total. The Morgan fingerprint density at radius 3 is 2.79 bits per heavy atom. The molecule has 0 unspecified atom stereocenters. The number of benzene rings is 1. The van der Waals surface area contributed by atoms with Gasteiger partial charge in [-0.05, 0) is 6.07 Å². The molecule has 0 saturated heterocycles. The first kappa shape index (κ1) is 9.36. The predicted octanol–water partition coefficient (Wildman–Crippen LogP) is 1.69. The molecular formula is C9H9BrN4. The lowest BCUT2D eigenvalue weighted by Crippen LogP contribution is -1.98. The molecule has 0 bridgehead atoms. The number of hydrogen-bond acceptors (Lipinski definition) is 3. The predicted molar refractivity (Wildman–Crippen MR) is 57.4 cm³/mol. The summed E-state index contributed by atoms with van der Waals surface area (Å²) in [5.74, 6) is 0. The lowest BCUT2D eigenvalue weighted by atomic mass is 10.1. The van der Waals surface area contributed by atoms with E-state index in [-0.39, 0.29) is 0 Å². The Morgan fingerprint density at radius 1 is 1.29 bits per heavy atom. The van der Waals surface area contributed by atoms with Crippen LogP contribution in [0.5, 0.6) is 0 Å². The molecule has 1 heterocycles. The van der Waals surface area contributed by atoms with Gasteiger partial charge in [0.2, 0.25) is 0 Å². The minimum Gasteiger partial charge on any atom is -0.325 e. The first-order valence-electron chi connectivity index (χ1n) is 4.17. The molecule has 0 aliphatic heterocycles. The van der Waals surface area contributed by atoms with Gasteiger partial charge in [-0.15, -0.1) is 0 Å².